The van der Waals surface area contributed by atoms with Crippen LogP contribution in [0.15, 0.2) is 0 Å². The third kappa shape index (κ3) is 5.85. The van der Waals surface area contributed by atoms with Crippen molar-refractivity contribution in [2.75, 3.05) is 13.1 Å². The Balaban J connectivity index is 2.32. The largest absolute Gasteiger partial charge is 0.342 e. The fourth-order valence-corrected chi connectivity index (χ4v) is 2.35. The molecule has 2 atom stereocenters. The fraction of sp³-hybridized carbons (Fsp3) is 0.933. The van der Waals surface area contributed by atoms with Crippen LogP contribution in [0.3, 0.4) is 0 Å². The molecule has 0 saturated heterocycles. The monoisotopic (exact) mass is 254 g/mol. The number of carbonyl (C=O) groups is 1. The van der Waals surface area contributed by atoms with Crippen molar-refractivity contribution in [2.45, 2.75) is 65.3 Å². The minimum Gasteiger partial charge on any atom is -0.342 e. The molecule has 1 aliphatic carbocycles. The normalized spacial score (nSPS) is 18.4. The van der Waals surface area contributed by atoms with Gasteiger partial charge in [-0.2, -0.15) is 0 Å². The zero-order valence-corrected chi connectivity index (χ0v) is 12.3. The average Bonchev–Trinajstić information content (AvgIpc) is 3.10. The van der Waals surface area contributed by atoms with Gasteiger partial charge < -0.3 is 10.6 Å². The molecule has 3 heteroatoms. The zero-order chi connectivity index (χ0) is 13.5. The van der Waals surface area contributed by atoms with Crippen LogP contribution in [0.4, 0.5) is 0 Å². The van der Waals surface area contributed by atoms with Crippen molar-refractivity contribution in [3.05, 3.63) is 0 Å². The van der Waals surface area contributed by atoms with E-state index in [0.29, 0.717) is 5.91 Å². The van der Waals surface area contributed by atoms with E-state index in [9.17, 15) is 4.79 Å². The van der Waals surface area contributed by atoms with Crippen LogP contribution >= 0.6 is 0 Å². The van der Waals surface area contributed by atoms with E-state index in [0.717, 1.165) is 44.7 Å². The second-order valence-corrected chi connectivity index (χ2v) is 6.04. The summed E-state index contributed by atoms with van der Waals surface area (Å²) in [7, 11) is 0. The van der Waals surface area contributed by atoms with Gasteiger partial charge in [-0.25, -0.2) is 0 Å². The minimum atomic E-state index is 0.161. The molecule has 1 aliphatic rings. The highest BCUT2D eigenvalue weighted by molar-refractivity contribution is 5.78. The number of hydrogen-bond acceptors (Lipinski definition) is 2. The quantitative estimate of drug-likeness (QED) is 0.687. The van der Waals surface area contributed by atoms with E-state index in [-0.39, 0.29) is 12.0 Å². The summed E-state index contributed by atoms with van der Waals surface area (Å²) >= 11 is 0. The maximum atomic E-state index is 12.4. The molecular weight excluding hydrogens is 224 g/mol. The molecular formula is C15H30N2O. The van der Waals surface area contributed by atoms with E-state index in [1.807, 2.05) is 6.92 Å². The van der Waals surface area contributed by atoms with Gasteiger partial charge in [-0.05, 0) is 44.9 Å². The molecule has 0 spiro atoms. The SMILES string of the molecule is CCCN(CC1CC1)C(=O)C(C)CCCC(C)N. The number of hydrogen-bond donors (Lipinski definition) is 1. The van der Waals surface area contributed by atoms with Crippen LogP contribution in [0.2, 0.25) is 0 Å². The highest BCUT2D eigenvalue weighted by Gasteiger charge is 2.28. The van der Waals surface area contributed by atoms with Crippen molar-refractivity contribution in [1.82, 2.24) is 4.90 Å². The first-order valence-corrected chi connectivity index (χ1v) is 7.59. The van der Waals surface area contributed by atoms with Crippen LogP contribution in [0.25, 0.3) is 0 Å². The summed E-state index contributed by atoms with van der Waals surface area (Å²) < 4.78 is 0. The molecule has 1 saturated carbocycles. The van der Waals surface area contributed by atoms with Crippen LogP contribution in [-0.4, -0.2) is 29.9 Å². The molecule has 0 aromatic carbocycles. The number of rotatable bonds is 9. The fourth-order valence-electron chi connectivity index (χ4n) is 2.35. The lowest BCUT2D eigenvalue weighted by Gasteiger charge is -2.25. The van der Waals surface area contributed by atoms with Gasteiger partial charge in [0.05, 0.1) is 0 Å². The Morgan fingerprint density at radius 1 is 1.33 bits per heavy atom. The Morgan fingerprint density at radius 3 is 2.50 bits per heavy atom. The number of carbonyl (C=O) groups excluding carboxylic acids is 1. The van der Waals surface area contributed by atoms with Gasteiger partial charge in [0.2, 0.25) is 5.91 Å². The van der Waals surface area contributed by atoms with Gasteiger partial charge in [0, 0.05) is 25.0 Å². The van der Waals surface area contributed by atoms with Crippen molar-refractivity contribution < 1.29 is 4.79 Å². The van der Waals surface area contributed by atoms with Crippen molar-refractivity contribution in [3.63, 3.8) is 0 Å². The molecule has 106 valence electrons. The average molecular weight is 254 g/mol. The summed E-state index contributed by atoms with van der Waals surface area (Å²) in [6, 6.07) is 0.255. The first-order chi connectivity index (χ1) is 8.54. The second kappa shape index (κ2) is 7.78. The van der Waals surface area contributed by atoms with E-state index in [2.05, 4.69) is 18.7 Å². The van der Waals surface area contributed by atoms with E-state index in [1.54, 1.807) is 0 Å². The van der Waals surface area contributed by atoms with Gasteiger partial charge in [0.25, 0.3) is 0 Å². The molecule has 18 heavy (non-hydrogen) atoms. The maximum absolute atomic E-state index is 12.4. The lowest BCUT2D eigenvalue weighted by atomic mass is 10.0. The molecule has 3 nitrogen and oxygen atoms in total. The molecule has 0 heterocycles. The number of nitrogens with two attached hydrogens (primary N) is 1. The summed E-state index contributed by atoms with van der Waals surface area (Å²) in [6.45, 7) is 8.16. The summed E-state index contributed by atoms with van der Waals surface area (Å²) in [5.74, 6) is 1.30. The lowest BCUT2D eigenvalue weighted by molar-refractivity contribution is -0.135. The lowest BCUT2D eigenvalue weighted by Crippen LogP contribution is -2.37. The van der Waals surface area contributed by atoms with Gasteiger partial charge in [0.15, 0.2) is 0 Å². The van der Waals surface area contributed by atoms with Gasteiger partial charge >= 0.3 is 0 Å². The van der Waals surface area contributed by atoms with Gasteiger partial charge in [0.1, 0.15) is 0 Å². The molecule has 0 aromatic rings. The maximum Gasteiger partial charge on any atom is 0.225 e. The third-order valence-corrected chi connectivity index (χ3v) is 3.70. The van der Waals surface area contributed by atoms with Crippen LogP contribution in [-0.2, 0) is 4.79 Å². The molecule has 1 rings (SSSR count). The van der Waals surface area contributed by atoms with E-state index in [1.165, 1.54) is 12.8 Å². The van der Waals surface area contributed by atoms with Gasteiger partial charge in [-0.3, -0.25) is 4.79 Å². The van der Waals surface area contributed by atoms with Crippen LogP contribution < -0.4 is 5.73 Å². The van der Waals surface area contributed by atoms with Crippen molar-refractivity contribution >= 4 is 5.91 Å². The molecule has 1 fully saturated rings. The highest BCUT2D eigenvalue weighted by atomic mass is 16.2. The number of amides is 1. The zero-order valence-electron chi connectivity index (χ0n) is 12.3. The third-order valence-electron chi connectivity index (χ3n) is 3.70. The van der Waals surface area contributed by atoms with Gasteiger partial charge in [-0.15, -0.1) is 0 Å². The van der Waals surface area contributed by atoms with Crippen LogP contribution in [0.5, 0.6) is 0 Å². The second-order valence-electron chi connectivity index (χ2n) is 6.04. The predicted octanol–water partition coefficient (Wildman–Crippen LogP) is 2.79. The predicted molar refractivity (Wildman–Crippen MR) is 76.3 cm³/mol. The first-order valence-electron chi connectivity index (χ1n) is 7.59. The molecule has 0 radical (unpaired) electrons. The highest BCUT2D eigenvalue weighted by Crippen LogP contribution is 2.30. The topological polar surface area (TPSA) is 46.3 Å². The molecule has 0 aliphatic heterocycles. The molecule has 2 unspecified atom stereocenters. The molecule has 0 aromatic heterocycles. The summed E-state index contributed by atoms with van der Waals surface area (Å²) in [4.78, 5) is 14.5. The Labute approximate surface area is 112 Å². The van der Waals surface area contributed by atoms with Crippen molar-refractivity contribution in [1.29, 1.82) is 0 Å². The summed E-state index contributed by atoms with van der Waals surface area (Å²) in [5.41, 5.74) is 5.74. The first kappa shape index (κ1) is 15.5. The van der Waals surface area contributed by atoms with E-state index < -0.39 is 0 Å². The molecule has 0 bridgehead atoms. The Morgan fingerprint density at radius 2 is 2.00 bits per heavy atom. The van der Waals surface area contributed by atoms with Gasteiger partial charge in [-0.1, -0.05) is 20.3 Å². The van der Waals surface area contributed by atoms with E-state index >= 15 is 0 Å². The van der Waals surface area contributed by atoms with Crippen molar-refractivity contribution in [3.8, 4) is 0 Å². The minimum absolute atomic E-state index is 0.161. The Kier molecular flexibility index (Phi) is 6.69. The Hall–Kier alpha value is -0.570. The number of nitrogens with zero attached hydrogens (tertiary/aromatic N) is 1. The molecule has 2 N–H and O–H groups in total. The summed E-state index contributed by atoms with van der Waals surface area (Å²) in [5, 5.41) is 0. The van der Waals surface area contributed by atoms with Crippen molar-refractivity contribution in [2.24, 2.45) is 17.6 Å². The standard InChI is InChI=1S/C15H30N2O/c1-4-10-17(11-14-8-9-14)15(18)12(2)6-5-7-13(3)16/h12-14H,4-11,16H2,1-3H3. The Bertz CT molecular complexity index is 249. The van der Waals surface area contributed by atoms with E-state index in [4.69, 9.17) is 5.73 Å². The smallest absolute Gasteiger partial charge is 0.225 e. The molecule has 1 amide bonds. The summed E-state index contributed by atoms with van der Waals surface area (Å²) in [6.07, 6.45) is 6.75. The van der Waals surface area contributed by atoms with Crippen LogP contribution in [0, 0.1) is 11.8 Å². The van der Waals surface area contributed by atoms with Crippen LogP contribution in [0.1, 0.15) is 59.3 Å².